The molecule has 0 unspecified atom stereocenters. The van der Waals surface area contributed by atoms with Crippen LogP contribution in [0.3, 0.4) is 0 Å². The summed E-state index contributed by atoms with van der Waals surface area (Å²) in [5.41, 5.74) is 3.30. The molecule has 5 nitrogen and oxygen atoms in total. The first kappa shape index (κ1) is 22.2. The molecule has 5 rings (SSSR count). The maximum atomic E-state index is 13.4. The van der Waals surface area contributed by atoms with Crippen LogP contribution in [0.15, 0.2) is 53.3 Å². The zero-order valence-electron chi connectivity index (χ0n) is 20.0. The Kier molecular flexibility index (Phi) is 6.26. The summed E-state index contributed by atoms with van der Waals surface area (Å²) in [7, 11) is 0. The van der Waals surface area contributed by atoms with Gasteiger partial charge in [0.15, 0.2) is 0 Å². The number of hydrogen-bond donors (Lipinski definition) is 1. The Balaban J connectivity index is 1.47. The van der Waals surface area contributed by atoms with Crippen LogP contribution >= 0.6 is 0 Å². The number of aromatic nitrogens is 1. The van der Waals surface area contributed by atoms with Gasteiger partial charge in [0.25, 0.3) is 5.56 Å². The zero-order valence-corrected chi connectivity index (χ0v) is 20.0. The first-order valence-corrected chi connectivity index (χ1v) is 12.6. The highest BCUT2D eigenvalue weighted by atomic mass is 16.5. The Morgan fingerprint density at radius 2 is 1.88 bits per heavy atom. The number of fused-ring (bicyclic) bond motifs is 1. The highest BCUT2D eigenvalue weighted by Gasteiger charge is 2.43. The van der Waals surface area contributed by atoms with Gasteiger partial charge in [0.2, 0.25) is 0 Å². The molecule has 3 heterocycles. The van der Waals surface area contributed by atoms with Gasteiger partial charge in [-0.2, -0.15) is 0 Å². The van der Waals surface area contributed by atoms with E-state index < -0.39 is 0 Å². The summed E-state index contributed by atoms with van der Waals surface area (Å²) < 4.78 is 8.79. The standard InChI is InChI=1S/C28H36N3O2/c1-3-4-17-33-26-11-12-27-22(19-26)18-21(2)30(28(27)32)23-7-9-24(10-8-23)31(15-5-6-16-31)25-13-14-29-20-25/h7-12,18-19,25,29H,3-6,13-17,20H2,1-2H3/q+1/t25-/m1/s1. The third kappa shape index (κ3) is 4.09. The second-order valence-electron chi connectivity index (χ2n) is 9.73. The number of aryl methyl sites for hydroxylation is 1. The molecular weight excluding hydrogens is 410 g/mol. The predicted octanol–water partition coefficient (Wildman–Crippen LogP) is 4.94. The van der Waals surface area contributed by atoms with Crippen molar-refractivity contribution in [2.45, 2.75) is 52.0 Å². The molecule has 0 aliphatic carbocycles. The van der Waals surface area contributed by atoms with Gasteiger partial charge < -0.3 is 10.1 Å². The molecule has 3 aromatic rings. The van der Waals surface area contributed by atoms with Crippen molar-refractivity contribution in [2.75, 3.05) is 32.8 Å². The fourth-order valence-electron chi connectivity index (χ4n) is 5.86. The number of quaternary nitrogens is 1. The van der Waals surface area contributed by atoms with E-state index in [0.717, 1.165) is 58.3 Å². The molecule has 0 spiro atoms. The molecule has 0 saturated carbocycles. The summed E-state index contributed by atoms with van der Waals surface area (Å²) in [5, 5.41) is 5.23. The molecular formula is C28H36N3O2+. The number of benzene rings is 2. The van der Waals surface area contributed by atoms with Crippen molar-refractivity contribution in [3.05, 3.63) is 64.6 Å². The normalized spacial score (nSPS) is 19.9. The van der Waals surface area contributed by atoms with Gasteiger partial charge in [-0.15, -0.1) is 0 Å². The van der Waals surface area contributed by atoms with E-state index in [1.165, 1.54) is 38.0 Å². The van der Waals surface area contributed by atoms with Crippen molar-refractivity contribution >= 4 is 16.5 Å². The van der Waals surface area contributed by atoms with Crippen molar-refractivity contribution in [1.29, 1.82) is 0 Å². The van der Waals surface area contributed by atoms with Crippen molar-refractivity contribution in [1.82, 2.24) is 14.4 Å². The van der Waals surface area contributed by atoms with Crippen molar-refractivity contribution < 1.29 is 4.74 Å². The lowest BCUT2D eigenvalue weighted by Crippen LogP contribution is -2.55. The molecule has 2 aromatic carbocycles. The first-order chi connectivity index (χ1) is 16.1. The Labute approximate surface area is 196 Å². The van der Waals surface area contributed by atoms with Gasteiger partial charge >= 0.3 is 0 Å². The van der Waals surface area contributed by atoms with Crippen molar-refractivity contribution in [3.8, 4) is 11.4 Å². The van der Waals surface area contributed by atoms with Crippen LogP contribution < -0.4 is 20.1 Å². The number of ether oxygens (including phenoxy) is 1. The van der Waals surface area contributed by atoms with Gasteiger partial charge in [-0.05, 0) is 55.1 Å². The van der Waals surface area contributed by atoms with Crippen LogP contribution in [-0.4, -0.2) is 43.4 Å². The second kappa shape index (κ2) is 9.32. The highest BCUT2D eigenvalue weighted by Crippen LogP contribution is 2.35. The fourth-order valence-corrected chi connectivity index (χ4v) is 5.86. The summed E-state index contributed by atoms with van der Waals surface area (Å²) in [5.74, 6) is 0.831. The Morgan fingerprint density at radius 1 is 1.09 bits per heavy atom. The summed E-state index contributed by atoms with van der Waals surface area (Å²) in [6.07, 6.45) is 5.98. The van der Waals surface area contributed by atoms with Crippen LogP contribution in [0.4, 0.5) is 5.69 Å². The van der Waals surface area contributed by atoms with E-state index in [2.05, 4.69) is 42.6 Å². The van der Waals surface area contributed by atoms with Gasteiger partial charge in [-0.25, -0.2) is 0 Å². The van der Waals surface area contributed by atoms with Crippen molar-refractivity contribution in [3.63, 3.8) is 0 Å². The molecule has 1 aromatic heterocycles. The lowest BCUT2D eigenvalue weighted by Gasteiger charge is -2.39. The van der Waals surface area contributed by atoms with Crippen LogP contribution in [0, 0.1) is 6.92 Å². The summed E-state index contributed by atoms with van der Waals surface area (Å²) in [6.45, 7) is 9.56. The van der Waals surface area contributed by atoms with E-state index in [1.807, 2.05) is 29.7 Å². The maximum Gasteiger partial charge on any atom is 0.263 e. The molecule has 2 aliphatic rings. The average Bonchev–Trinajstić information content (AvgIpc) is 3.53. The highest BCUT2D eigenvalue weighted by molar-refractivity contribution is 5.84. The Bertz CT molecular complexity index is 1170. The van der Waals surface area contributed by atoms with Gasteiger partial charge in [0.05, 0.1) is 19.7 Å². The van der Waals surface area contributed by atoms with Crippen LogP contribution in [-0.2, 0) is 0 Å². The van der Waals surface area contributed by atoms with E-state index in [4.69, 9.17) is 4.74 Å². The SMILES string of the molecule is CCCCOc1ccc2c(=O)n(-c3ccc([N+]4([C@@H]5CCNC5)CCCC4)cc3)c(C)cc2c1. The number of likely N-dealkylation sites (tertiary alicyclic amines) is 1. The van der Waals surface area contributed by atoms with Gasteiger partial charge in [-0.1, -0.05) is 13.3 Å². The molecule has 1 atom stereocenters. The fraction of sp³-hybridized carbons (Fsp3) is 0.464. The summed E-state index contributed by atoms with van der Waals surface area (Å²) >= 11 is 0. The van der Waals surface area contributed by atoms with Crippen LogP contribution in [0.5, 0.6) is 5.75 Å². The van der Waals surface area contributed by atoms with E-state index in [-0.39, 0.29) is 5.56 Å². The van der Waals surface area contributed by atoms with E-state index in [1.54, 1.807) is 0 Å². The van der Waals surface area contributed by atoms with Crippen LogP contribution in [0.2, 0.25) is 0 Å². The summed E-state index contributed by atoms with van der Waals surface area (Å²) in [4.78, 5) is 13.4. The lowest BCUT2D eigenvalue weighted by atomic mass is 10.1. The minimum atomic E-state index is 0.0305. The predicted molar refractivity (Wildman–Crippen MR) is 137 cm³/mol. The molecule has 2 saturated heterocycles. The maximum absolute atomic E-state index is 13.4. The van der Waals surface area contributed by atoms with Gasteiger partial charge in [0.1, 0.15) is 17.5 Å². The smallest absolute Gasteiger partial charge is 0.263 e. The first-order valence-electron chi connectivity index (χ1n) is 12.6. The zero-order chi connectivity index (χ0) is 22.8. The number of rotatable bonds is 7. The number of nitrogens with zero attached hydrogens (tertiary/aromatic N) is 2. The van der Waals surface area contributed by atoms with E-state index in [9.17, 15) is 4.79 Å². The van der Waals surface area contributed by atoms with E-state index in [0.29, 0.717) is 12.6 Å². The number of nitrogens with one attached hydrogen (secondary N) is 1. The van der Waals surface area contributed by atoms with E-state index >= 15 is 0 Å². The van der Waals surface area contributed by atoms with Gasteiger partial charge in [-0.3, -0.25) is 13.8 Å². The minimum absolute atomic E-state index is 0.0305. The molecule has 2 aliphatic heterocycles. The largest absolute Gasteiger partial charge is 0.494 e. The molecule has 0 amide bonds. The van der Waals surface area contributed by atoms with Gasteiger partial charge in [0, 0.05) is 61.3 Å². The average molecular weight is 447 g/mol. The molecule has 5 heteroatoms. The number of unbranched alkanes of at least 4 members (excludes halogenated alkanes) is 1. The Morgan fingerprint density at radius 3 is 2.58 bits per heavy atom. The minimum Gasteiger partial charge on any atom is -0.494 e. The molecule has 2 fully saturated rings. The number of pyridine rings is 1. The topological polar surface area (TPSA) is 43.3 Å². The molecule has 33 heavy (non-hydrogen) atoms. The van der Waals surface area contributed by atoms with Crippen molar-refractivity contribution in [2.24, 2.45) is 0 Å². The third-order valence-corrected chi connectivity index (χ3v) is 7.66. The monoisotopic (exact) mass is 446 g/mol. The molecule has 0 radical (unpaired) electrons. The Hall–Kier alpha value is -2.63. The number of hydrogen-bond acceptors (Lipinski definition) is 3. The third-order valence-electron chi connectivity index (χ3n) is 7.66. The summed E-state index contributed by atoms with van der Waals surface area (Å²) in [6, 6.07) is 17.4. The lowest BCUT2D eigenvalue weighted by molar-refractivity contribution is 0.257. The van der Waals surface area contributed by atoms with Crippen LogP contribution in [0.1, 0.15) is 44.7 Å². The quantitative estimate of drug-likeness (QED) is 0.413. The van der Waals surface area contributed by atoms with Crippen LogP contribution in [0.25, 0.3) is 16.5 Å². The molecule has 174 valence electrons. The second-order valence-corrected chi connectivity index (χ2v) is 9.73. The molecule has 0 bridgehead atoms. The molecule has 1 N–H and O–H groups in total.